The molecule has 0 radical (unpaired) electrons. The van der Waals surface area contributed by atoms with Crippen LogP contribution < -0.4 is 5.73 Å². The summed E-state index contributed by atoms with van der Waals surface area (Å²) in [6, 6.07) is 9.27. The molecule has 2 aliphatic heterocycles. The molecule has 4 rings (SSSR count). The van der Waals surface area contributed by atoms with Crippen molar-refractivity contribution in [2.75, 3.05) is 39.9 Å². The molecule has 2 aliphatic rings. The van der Waals surface area contributed by atoms with Gasteiger partial charge < -0.3 is 30.1 Å². The van der Waals surface area contributed by atoms with Gasteiger partial charge in [0.15, 0.2) is 0 Å². The van der Waals surface area contributed by atoms with Crippen LogP contribution in [0.2, 0.25) is 0 Å². The summed E-state index contributed by atoms with van der Waals surface area (Å²) in [6.07, 6.45) is -11.1. The fourth-order valence-electron chi connectivity index (χ4n) is 5.95. The lowest BCUT2D eigenvalue weighted by Gasteiger charge is -2.55. The summed E-state index contributed by atoms with van der Waals surface area (Å²) in [7, 11) is 1.47. The topological polar surface area (TPSA) is 109 Å². The normalized spacial score (nSPS) is 21.9. The summed E-state index contributed by atoms with van der Waals surface area (Å²) in [5.74, 6) is -1.34. The number of fused-ring (bicyclic) bond motifs is 1. The van der Waals surface area contributed by atoms with E-state index in [2.05, 4.69) is 0 Å². The highest BCUT2D eigenvalue weighted by molar-refractivity contribution is 5.90. The number of nitrogens with two attached hydrogens (primary N) is 1. The molecule has 2 fully saturated rings. The quantitative estimate of drug-likeness (QED) is 0.191. The number of carbonyl (C=O) groups is 2. The van der Waals surface area contributed by atoms with Crippen LogP contribution in [0.25, 0.3) is 0 Å². The Balaban J connectivity index is 1.66. The Bertz CT molecular complexity index is 1300. The second kappa shape index (κ2) is 15.1. The van der Waals surface area contributed by atoms with Gasteiger partial charge in [-0.3, -0.25) is 9.59 Å². The average Bonchev–Trinajstić information content (AvgIpc) is 3.01. The number of halogens is 6. The van der Waals surface area contributed by atoms with Gasteiger partial charge in [0.25, 0.3) is 0 Å². The van der Waals surface area contributed by atoms with Gasteiger partial charge in [0.2, 0.25) is 18.2 Å². The summed E-state index contributed by atoms with van der Waals surface area (Å²) in [5, 5.41) is 11.3. The summed E-state index contributed by atoms with van der Waals surface area (Å²) in [6.45, 7) is -0.0813. The zero-order valence-corrected chi connectivity index (χ0v) is 25.3. The highest BCUT2D eigenvalue weighted by Gasteiger charge is 2.51. The van der Waals surface area contributed by atoms with Crippen molar-refractivity contribution in [2.24, 2.45) is 11.7 Å². The van der Waals surface area contributed by atoms with Crippen LogP contribution in [-0.2, 0) is 44.4 Å². The van der Waals surface area contributed by atoms with Crippen molar-refractivity contribution < 1.29 is 50.5 Å². The molecule has 0 aromatic heterocycles. The third kappa shape index (κ3) is 8.56. The van der Waals surface area contributed by atoms with E-state index in [-0.39, 0.29) is 50.5 Å². The van der Waals surface area contributed by atoms with E-state index in [0.717, 1.165) is 5.56 Å². The highest BCUT2D eigenvalue weighted by Crippen LogP contribution is 2.37. The number of methoxy groups -OCH3 is 1. The van der Waals surface area contributed by atoms with E-state index in [0.29, 0.717) is 37.9 Å². The van der Waals surface area contributed by atoms with Gasteiger partial charge in [-0.25, -0.2) is 4.90 Å². The van der Waals surface area contributed by atoms with E-state index >= 15 is 0 Å². The summed E-state index contributed by atoms with van der Waals surface area (Å²) < 4.78 is 91.2. The fraction of sp³-hybridized carbons (Fsp3) is 0.548. The Morgan fingerprint density at radius 2 is 1.59 bits per heavy atom. The first-order valence-corrected chi connectivity index (χ1v) is 14.9. The third-order valence-corrected chi connectivity index (χ3v) is 8.21. The first kappa shape index (κ1) is 35.6. The molecule has 1 unspecified atom stereocenters. The number of amides is 2. The maximum absolute atomic E-state index is 14.0. The molecule has 9 nitrogen and oxygen atoms in total. The van der Waals surface area contributed by atoms with E-state index in [1.807, 2.05) is 18.2 Å². The van der Waals surface area contributed by atoms with Crippen LogP contribution in [0.3, 0.4) is 0 Å². The maximum atomic E-state index is 14.0. The first-order chi connectivity index (χ1) is 21.7. The Labute approximate surface area is 262 Å². The summed E-state index contributed by atoms with van der Waals surface area (Å²) in [4.78, 5) is 32.1. The number of unbranched alkanes of at least 4 members (excludes halogenated alkanes) is 1. The van der Waals surface area contributed by atoms with Crippen LogP contribution in [0.15, 0.2) is 48.5 Å². The van der Waals surface area contributed by atoms with Crippen molar-refractivity contribution in [1.29, 1.82) is 0 Å². The zero-order valence-electron chi connectivity index (χ0n) is 25.3. The monoisotopic (exact) mass is 660 g/mol. The number of carbonyl (C=O) groups excluding carboxylic acids is 2. The van der Waals surface area contributed by atoms with Crippen molar-refractivity contribution in [3.63, 3.8) is 0 Å². The molecule has 0 bridgehead atoms. The van der Waals surface area contributed by atoms with Gasteiger partial charge in [-0.15, -0.1) is 0 Å². The van der Waals surface area contributed by atoms with Gasteiger partial charge in [0.1, 0.15) is 12.2 Å². The molecule has 4 atom stereocenters. The number of benzene rings is 2. The van der Waals surface area contributed by atoms with Gasteiger partial charge >= 0.3 is 12.4 Å². The molecular formula is C31H38F6N4O5. The molecule has 254 valence electrons. The predicted molar refractivity (Wildman–Crippen MR) is 153 cm³/mol. The maximum Gasteiger partial charge on any atom is 0.416 e. The number of alkyl halides is 6. The van der Waals surface area contributed by atoms with Gasteiger partial charge in [0, 0.05) is 20.2 Å². The third-order valence-electron chi connectivity index (χ3n) is 8.21. The number of hydrogen-bond acceptors (Lipinski definition) is 7. The Kier molecular flexibility index (Phi) is 11.7. The van der Waals surface area contributed by atoms with Crippen molar-refractivity contribution in [2.45, 2.75) is 63.3 Å². The van der Waals surface area contributed by atoms with E-state index in [1.165, 1.54) is 21.8 Å². The number of aliphatic hydroxyl groups is 1. The largest absolute Gasteiger partial charge is 0.416 e. The van der Waals surface area contributed by atoms with Gasteiger partial charge in [-0.2, -0.15) is 26.3 Å². The van der Waals surface area contributed by atoms with Crippen molar-refractivity contribution in [3.8, 4) is 0 Å². The minimum atomic E-state index is -5.05. The molecule has 15 heteroatoms. The smallest absolute Gasteiger partial charge is 0.383 e. The predicted octanol–water partition coefficient (Wildman–Crippen LogP) is 3.83. The van der Waals surface area contributed by atoms with Crippen molar-refractivity contribution in [3.05, 3.63) is 70.8 Å². The molecule has 3 N–H and O–H groups in total. The minimum absolute atomic E-state index is 0.0146. The molecule has 2 aromatic rings. The van der Waals surface area contributed by atoms with Crippen LogP contribution in [0, 0.1) is 5.92 Å². The van der Waals surface area contributed by atoms with Crippen molar-refractivity contribution in [1.82, 2.24) is 14.7 Å². The number of ether oxygens (including phenoxy) is 2. The van der Waals surface area contributed by atoms with Crippen LogP contribution in [0.5, 0.6) is 0 Å². The average molecular weight is 661 g/mol. The lowest BCUT2D eigenvalue weighted by molar-refractivity contribution is -0.250. The number of rotatable bonds is 13. The van der Waals surface area contributed by atoms with Crippen LogP contribution in [0.4, 0.5) is 26.3 Å². The van der Waals surface area contributed by atoms with E-state index in [1.54, 1.807) is 12.1 Å². The fourth-order valence-corrected chi connectivity index (χ4v) is 5.95. The molecule has 2 heterocycles. The molecule has 0 saturated carbocycles. The number of hydrogen-bond donors (Lipinski definition) is 2. The Hall–Kier alpha value is -3.24. The van der Waals surface area contributed by atoms with Crippen LogP contribution in [0.1, 0.15) is 41.5 Å². The molecule has 2 amide bonds. The summed E-state index contributed by atoms with van der Waals surface area (Å²) in [5.41, 5.74) is 3.03. The summed E-state index contributed by atoms with van der Waals surface area (Å²) >= 11 is 0. The molecular weight excluding hydrogens is 622 g/mol. The van der Waals surface area contributed by atoms with Crippen LogP contribution >= 0.6 is 0 Å². The second-order valence-electron chi connectivity index (χ2n) is 11.4. The number of piperazine rings is 1. The number of aliphatic hydroxyl groups excluding tert-OH is 1. The molecule has 2 aromatic carbocycles. The highest BCUT2D eigenvalue weighted by atomic mass is 19.4. The van der Waals surface area contributed by atoms with Crippen LogP contribution in [-0.4, -0.2) is 90.1 Å². The molecule has 0 aliphatic carbocycles. The Morgan fingerprint density at radius 1 is 0.935 bits per heavy atom. The second-order valence-corrected chi connectivity index (χ2v) is 11.4. The number of nitrogens with zero attached hydrogens (tertiary/aromatic N) is 3. The SMILES string of the molecule is COCCN1C[C@@H]2N(C(O)OCc3cc(C(F)(F)F)cc(C(F)(F)F)c3)C[C@@H](Cc3ccccc3)C(=O)N2[C@@H](CCCCN)C1=O. The molecule has 46 heavy (non-hydrogen) atoms. The van der Waals surface area contributed by atoms with Gasteiger partial charge in [-0.1, -0.05) is 30.3 Å². The molecule has 2 saturated heterocycles. The lowest BCUT2D eigenvalue weighted by atomic mass is 9.90. The standard InChI is InChI=1S/C31H38F6N4O5/c1-45-12-11-39-18-26-40(29(44)46-19-21-14-23(30(32,33)34)16-24(15-21)31(35,36)37)17-22(13-20-7-3-2-4-8-20)27(42)41(26)25(28(39)43)9-5-6-10-38/h2-4,7-8,14-16,22,25-26,29,44H,5-6,9-13,17-19,38H2,1H3/t22-,25+,26-,29?/m1/s1. The zero-order chi connectivity index (χ0) is 33.6. The Morgan fingerprint density at radius 3 is 2.17 bits per heavy atom. The van der Waals surface area contributed by atoms with Crippen molar-refractivity contribution >= 4 is 11.8 Å². The minimum Gasteiger partial charge on any atom is -0.383 e. The first-order valence-electron chi connectivity index (χ1n) is 14.9. The van der Waals surface area contributed by atoms with E-state index < -0.39 is 60.2 Å². The lowest BCUT2D eigenvalue weighted by Crippen LogP contribution is -2.74. The van der Waals surface area contributed by atoms with E-state index in [9.17, 15) is 41.0 Å². The van der Waals surface area contributed by atoms with E-state index in [4.69, 9.17) is 15.2 Å². The van der Waals surface area contributed by atoms with Gasteiger partial charge in [0.05, 0.1) is 36.8 Å². The van der Waals surface area contributed by atoms with Gasteiger partial charge in [-0.05, 0) is 61.6 Å². The molecule has 0 spiro atoms.